The first-order valence-electron chi connectivity index (χ1n) is 10.5. The molecule has 0 aromatic heterocycles. The number of ether oxygens (including phenoxy) is 2. The van der Waals surface area contributed by atoms with E-state index in [1.165, 1.54) is 0 Å². The molecule has 3 rings (SSSR count). The lowest BCUT2D eigenvalue weighted by atomic mass is 10.0. The molecule has 0 aliphatic heterocycles. The van der Waals surface area contributed by atoms with Crippen LogP contribution in [0.1, 0.15) is 34.0 Å². The molecule has 0 aliphatic carbocycles. The maximum absolute atomic E-state index is 12.9. The molecule has 0 heterocycles. The SMILES string of the molecule is COc1ccc(C(=O)c2cccc(OC(CCN(C)CC(=O)O)c3ccc(Cl)cc3)c2)cc1. The quantitative estimate of drug-likeness (QED) is 0.395. The molecule has 0 bridgehead atoms. The van der Waals surface area contributed by atoms with Gasteiger partial charge < -0.3 is 14.6 Å². The monoisotopic (exact) mass is 467 g/mol. The van der Waals surface area contributed by atoms with Crippen LogP contribution in [-0.2, 0) is 4.79 Å². The molecule has 0 saturated carbocycles. The number of methoxy groups -OCH3 is 1. The van der Waals surface area contributed by atoms with Crippen LogP contribution in [0.3, 0.4) is 0 Å². The maximum Gasteiger partial charge on any atom is 0.317 e. The summed E-state index contributed by atoms with van der Waals surface area (Å²) >= 11 is 6.03. The van der Waals surface area contributed by atoms with Crippen LogP contribution in [0.5, 0.6) is 11.5 Å². The van der Waals surface area contributed by atoms with E-state index in [4.69, 9.17) is 26.2 Å². The topological polar surface area (TPSA) is 76.1 Å². The van der Waals surface area contributed by atoms with E-state index in [0.717, 1.165) is 5.56 Å². The average molecular weight is 468 g/mol. The van der Waals surface area contributed by atoms with E-state index in [2.05, 4.69) is 0 Å². The number of benzene rings is 3. The van der Waals surface area contributed by atoms with Gasteiger partial charge in [-0.2, -0.15) is 0 Å². The molecule has 1 unspecified atom stereocenters. The second-order valence-electron chi connectivity index (χ2n) is 7.66. The van der Waals surface area contributed by atoms with Crippen molar-refractivity contribution in [3.63, 3.8) is 0 Å². The van der Waals surface area contributed by atoms with Crippen molar-refractivity contribution in [2.45, 2.75) is 12.5 Å². The van der Waals surface area contributed by atoms with Crippen molar-refractivity contribution in [2.75, 3.05) is 27.2 Å². The molecule has 3 aromatic carbocycles. The molecular weight excluding hydrogens is 442 g/mol. The van der Waals surface area contributed by atoms with Crippen LogP contribution in [0.4, 0.5) is 0 Å². The van der Waals surface area contributed by atoms with Gasteiger partial charge in [0.15, 0.2) is 5.78 Å². The average Bonchev–Trinajstić information content (AvgIpc) is 2.81. The third kappa shape index (κ3) is 7.07. The Morgan fingerprint density at radius 2 is 1.67 bits per heavy atom. The Balaban J connectivity index is 1.79. The van der Waals surface area contributed by atoms with Gasteiger partial charge in [0.25, 0.3) is 0 Å². The van der Waals surface area contributed by atoms with Gasteiger partial charge in [-0.3, -0.25) is 14.5 Å². The smallest absolute Gasteiger partial charge is 0.317 e. The van der Waals surface area contributed by atoms with Crippen molar-refractivity contribution in [1.82, 2.24) is 4.90 Å². The molecule has 3 aromatic rings. The van der Waals surface area contributed by atoms with Crippen LogP contribution in [-0.4, -0.2) is 49.0 Å². The molecule has 7 heteroatoms. The van der Waals surface area contributed by atoms with Crippen molar-refractivity contribution < 1.29 is 24.2 Å². The summed E-state index contributed by atoms with van der Waals surface area (Å²) in [7, 11) is 3.33. The lowest BCUT2D eigenvalue weighted by Gasteiger charge is -2.23. The van der Waals surface area contributed by atoms with E-state index in [1.54, 1.807) is 79.7 Å². The molecule has 0 aliphatic rings. The number of carboxylic acids is 1. The highest BCUT2D eigenvalue weighted by molar-refractivity contribution is 6.30. The van der Waals surface area contributed by atoms with E-state index in [-0.39, 0.29) is 18.4 Å². The number of hydrogen-bond acceptors (Lipinski definition) is 5. The third-order valence-electron chi connectivity index (χ3n) is 5.15. The van der Waals surface area contributed by atoms with Gasteiger partial charge in [0.05, 0.1) is 13.7 Å². The Hall–Kier alpha value is -3.35. The number of carbonyl (C=O) groups excluding carboxylic acids is 1. The van der Waals surface area contributed by atoms with Crippen LogP contribution >= 0.6 is 11.6 Å². The minimum atomic E-state index is -0.883. The summed E-state index contributed by atoms with van der Waals surface area (Å²) in [5.74, 6) is 0.232. The Bertz CT molecular complexity index is 1080. The van der Waals surface area contributed by atoms with Gasteiger partial charge in [0, 0.05) is 29.1 Å². The predicted molar refractivity (Wildman–Crippen MR) is 127 cm³/mol. The number of rotatable bonds is 11. The Labute approximate surface area is 198 Å². The Morgan fingerprint density at radius 3 is 2.30 bits per heavy atom. The standard InChI is InChI=1S/C26H26ClNO5/c1-28(17-25(29)30)15-14-24(18-6-10-21(27)11-7-18)33-23-5-3-4-20(16-23)26(31)19-8-12-22(32-2)13-9-19/h3-13,16,24H,14-15,17H2,1-2H3,(H,29,30). The van der Waals surface area contributed by atoms with Gasteiger partial charge >= 0.3 is 5.97 Å². The summed E-state index contributed by atoms with van der Waals surface area (Å²) < 4.78 is 11.4. The number of carbonyl (C=O) groups is 2. The highest BCUT2D eigenvalue weighted by Crippen LogP contribution is 2.27. The summed E-state index contributed by atoms with van der Waals surface area (Å²) in [5.41, 5.74) is 1.98. The van der Waals surface area contributed by atoms with Gasteiger partial charge in [-0.1, -0.05) is 35.9 Å². The fraction of sp³-hybridized carbons (Fsp3) is 0.231. The molecule has 33 heavy (non-hydrogen) atoms. The second-order valence-corrected chi connectivity index (χ2v) is 8.10. The van der Waals surface area contributed by atoms with Crippen molar-refractivity contribution >= 4 is 23.4 Å². The fourth-order valence-electron chi connectivity index (χ4n) is 3.40. The zero-order chi connectivity index (χ0) is 23.8. The van der Waals surface area contributed by atoms with Crippen molar-refractivity contribution in [1.29, 1.82) is 0 Å². The molecule has 6 nitrogen and oxygen atoms in total. The van der Waals surface area contributed by atoms with Gasteiger partial charge in [0.2, 0.25) is 0 Å². The van der Waals surface area contributed by atoms with Gasteiger partial charge in [0.1, 0.15) is 17.6 Å². The summed E-state index contributed by atoms with van der Waals surface area (Å²) in [4.78, 5) is 25.6. The lowest BCUT2D eigenvalue weighted by molar-refractivity contribution is -0.138. The van der Waals surface area contributed by atoms with E-state index >= 15 is 0 Å². The molecule has 172 valence electrons. The van der Waals surface area contributed by atoms with E-state index in [9.17, 15) is 9.59 Å². The molecular formula is C26H26ClNO5. The Morgan fingerprint density at radius 1 is 0.970 bits per heavy atom. The van der Waals surface area contributed by atoms with Gasteiger partial charge in [-0.25, -0.2) is 0 Å². The highest BCUT2D eigenvalue weighted by atomic mass is 35.5. The predicted octanol–water partition coefficient (Wildman–Crippen LogP) is 5.11. The summed E-state index contributed by atoms with van der Waals surface area (Å²) in [6.07, 6.45) is 0.215. The van der Waals surface area contributed by atoms with Crippen LogP contribution in [0.15, 0.2) is 72.8 Å². The molecule has 0 amide bonds. The van der Waals surface area contributed by atoms with Crippen LogP contribution < -0.4 is 9.47 Å². The molecule has 0 spiro atoms. The summed E-state index contributed by atoms with van der Waals surface area (Å²) in [6, 6.07) is 21.3. The normalized spacial score (nSPS) is 11.8. The number of hydrogen-bond donors (Lipinski definition) is 1. The minimum Gasteiger partial charge on any atom is -0.497 e. The molecule has 0 radical (unpaired) electrons. The minimum absolute atomic E-state index is 0.0564. The second kappa shape index (κ2) is 11.5. The largest absolute Gasteiger partial charge is 0.497 e. The van der Waals surface area contributed by atoms with Crippen LogP contribution in [0, 0.1) is 0 Å². The lowest BCUT2D eigenvalue weighted by Crippen LogP contribution is -2.28. The molecule has 0 saturated heterocycles. The highest BCUT2D eigenvalue weighted by Gasteiger charge is 2.17. The van der Waals surface area contributed by atoms with E-state index < -0.39 is 5.97 Å². The zero-order valence-electron chi connectivity index (χ0n) is 18.5. The number of carboxylic acid groups (broad SMARTS) is 1. The first-order valence-corrected chi connectivity index (χ1v) is 10.8. The number of halogens is 1. The summed E-state index contributed by atoms with van der Waals surface area (Å²) in [5, 5.41) is 9.63. The van der Waals surface area contributed by atoms with Gasteiger partial charge in [-0.15, -0.1) is 0 Å². The van der Waals surface area contributed by atoms with E-state index in [1.807, 2.05) is 12.1 Å². The Kier molecular flexibility index (Phi) is 8.46. The van der Waals surface area contributed by atoms with Crippen molar-refractivity contribution in [3.05, 3.63) is 94.5 Å². The first-order chi connectivity index (χ1) is 15.9. The number of ketones is 1. The van der Waals surface area contributed by atoms with Crippen molar-refractivity contribution in [3.8, 4) is 11.5 Å². The van der Waals surface area contributed by atoms with Gasteiger partial charge in [-0.05, 0) is 61.1 Å². The third-order valence-corrected chi connectivity index (χ3v) is 5.40. The number of aliphatic carboxylic acids is 1. The van der Waals surface area contributed by atoms with Crippen molar-refractivity contribution in [2.24, 2.45) is 0 Å². The molecule has 1 atom stereocenters. The zero-order valence-corrected chi connectivity index (χ0v) is 19.3. The summed E-state index contributed by atoms with van der Waals surface area (Å²) in [6.45, 7) is 0.462. The number of nitrogens with zero attached hydrogens (tertiary/aromatic N) is 1. The molecule has 1 N–H and O–H groups in total. The molecule has 0 fully saturated rings. The maximum atomic E-state index is 12.9. The fourth-order valence-corrected chi connectivity index (χ4v) is 3.53. The van der Waals surface area contributed by atoms with Crippen LogP contribution in [0.25, 0.3) is 0 Å². The first kappa shape index (κ1) is 24.3. The number of likely N-dealkylation sites (N-methyl/N-ethyl adjacent to an activating group) is 1. The van der Waals surface area contributed by atoms with Crippen LogP contribution in [0.2, 0.25) is 5.02 Å². The van der Waals surface area contributed by atoms with E-state index in [0.29, 0.717) is 40.6 Å².